The van der Waals surface area contributed by atoms with Gasteiger partial charge in [0.05, 0.1) is 14.7 Å². The van der Waals surface area contributed by atoms with Gasteiger partial charge >= 0.3 is 5.97 Å². The van der Waals surface area contributed by atoms with E-state index in [0.717, 1.165) is 0 Å². The zero-order valence-corrected chi connectivity index (χ0v) is 7.61. The molecule has 0 amide bonds. The summed E-state index contributed by atoms with van der Waals surface area (Å²) in [7, 11) is -0.461. The fraction of sp³-hybridized carbons (Fsp3) is 0.667. The van der Waals surface area contributed by atoms with E-state index in [0.29, 0.717) is 0 Å². The molecule has 2 unspecified atom stereocenters. The number of carboxylic acid groups (broad SMARTS) is 1. The first-order valence-electron chi connectivity index (χ1n) is 3.32. The van der Waals surface area contributed by atoms with Crippen LogP contribution in [0.15, 0.2) is 0 Å². The molecule has 0 aliphatic rings. The molecule has 12 heavy (non-hydrogen) atoms. The van der Waals surface area contributed by atoms with Crippen LogP contribution in [0.1, 0.15) is 13.3 Å². The average molecular weight is 194 g/mol. The highest BCUT2D eigenvalue weighted by Crippen LogP contribution is 2.18. The minimum atomic E-state index is -1.00. The van der Waals surface area contributed by atoms with Gasteiger partial charge < -0.3 is 14.7 Å². The van der Waals surface area contributed by atoms with Crippen molar-refractivity contribution in [1.29, 1.82) is 0 Å². The fourth-order valence-corrected chi connectivity index (χ4v) is 1.13. The summed E-state index contributed by atoms with van der Waals surface area (Å²) < 4.78 is 4.42. The molecule has 0 saturated heterocycles. The Labute approximate surface area is 71.6 Å². The lowest BCUT2D eigenvalue weighted by Crippen LogP contribution is -2.12. The van der Waals surface area contributed by atoms with Crippen LogP contribution in [0.25, 0.3) is 0 Å². The van der Waals surface area contributed by atoms with E-state index < -0.39 is 27.5 Å². The molecule has 0 aliphatic carbocycles. The number of carboxylic acids is 1. The summed E-state index contributed by atoms with van der Waals surface area (Å²) >= 11 is 0. The lowest BCUT2D eigenvalue weighted by molar-refractivity contribution is -0.142. The fourth-order valence-electron chi connectivity index (χ4n) is 0.520. The SMILES string of the molecule is CC(CC(=O)POCO)C(=O)O. The van der Waals surface area contributed by atoms with Crippen molar-refractivity contribution in [3.8, 4) is 0 Å². The van der Waals surface area contributed by atoms with Crippen molar-refractivity contribution < 1.29 is 24.3 Å². The van der Waals surface area contributed by atoms with Crippen LogP contribution >= 0.6 is 8.81 Å². The zero-order valence-electron chi connectivity index (χ0n) is 6.61. The molecule has 0 spiro atoms. The van der Waals surface area contributed by atoms with E-state index in [-0.39, 0.29) is 11.9 Å². The van der Waals surface area contributed by atoms with E-state index in [1.807, 2.05) is 0 Å². The first-order chi connectivity index (χ1) is 5.57. The van der Waals surface area contributed by atoms with Crippen LogP contribution in [0.3, 0.4) is 0 Å². The Morgan fingerprint density at radius 1 is 1.58 bits per heavy atom. The molecule has 0 aromatic rings. The lowest BCUT2D eigenvalue weighted by atomic mass is 10.1. The maximum absolute atomic E-state index is 10.8. The third-order valence-corrected chi connectivity index (χ3v) is 1.87. The number of aliphatic hydroxyl groups excluding tert-OH is 1. The summed E-state index contributed by atoms with van der Waals surface area (Å²) in [6, 6.07) is 0. The first kappa shape index (κ1) is 11.5. The Bertz CT molecular complexity index is 169. The molecule has 0 heterocycles. The smallest absolute Gasteiger partial charge is 0.306 e. The van der Waals surface area contributed by atoms with Crippen molar-refractivity contribution in [2.24, 2.45) is 5.92 Å². The summed E-state index contributed by atoms with van der Waals surface area (Å²) in [5.74, 6) is -1.69. The predicted octanol–water partition coefficient (Wildman–Crippen LogP) is 0.184. The van der Waals surface area contributed by atoms with Crippen molar-refractivity contribution in [3.63, 3.8) is 0 Å². The van der Waals surface area contributed by atoms with Gasteiger partial charge in [-0.25, -0.2) is 0 Å². The third-order valence-electron chi connectivity index (χ3n) is 1.16. The van der Waals surface area contributed by atoms with Crippen molar-refractivity contribution in [3.05, 3.63) is 0 Å². The van der Waals surface area contributed by atoms with E-state index in [9.17, 15) is 9.59 Å². The number of hydrogen-bond donors (Lipinski definition) is 2. The van der Waals surface area contributed by atoms with Crippen molar-refractivity contribution >= 4 is 20.3 Å². The molecule has 2 atom stereocenters. The molecule has 0 radical (unpaired) electrons. The number of rotatable bonds is 6. The topological polar surface area (TPSA) is 83.8 Å². The monoisotopic (exact) mass is 194 g/mol. The number of aliphatic hydroxyl groups is 1. The Morgan fingerprint density at radius 3 is 2.58 bits per heavy atom. The van der Waals surface area contributed by atoms with E-state index >= 15 is 0 Å². The maximum Gasteiger partial charge on any atom is 0.306 e. The minimum Gasteiger partial charge on any atom is -0.481 e. The largest absolute Gasteiger partial charge is 0.481 e. The molecule has 2 N–H and O–H groups in total. The highest BCUT2D eigenvalue weighted by Gasteiger charge is 2.15. The summed E-state index contributed by atoms with van der Waals surface area (Å²) in [6.07, 6.45) is -0.0478. The normalized spacial score (nSPS) is 13.5. The van der Waals surface area contributed by atoms with Crippen LogP contribution in [-0.2, 0) is 14.1 Å². The van der Waals surface area contributed by atoms with Crippen LogP contribution in [-0.4, -0.2) is 28.5 Å². The Morgan fingerprint density at radius 2 is 2.17 bits per heavy atom. The summed E-state index contributed by atoms with van der Waals surface area (Å²) in [5, 5.41) is 16.6. The second kappa shape index (κ2) is 6.06. The standard InChI is InChI=1S/C6H11O5P/c1-4(6(9)10)2-5(8)12-11-3-7/h4,7,12H,2-3H2,1H3,(H,9,10). The molecule has 6 heteroatoms. The number of aliphatic carboxylic acids is 1. The molecule has 0 aromatic carbocycles. The average Bonchev–Trinajstić information content (AvgIpc) is 2.00. The summed E-state index contributed by atoms with van der Waals surface area (Å²) in [6.45, 7) is 0.940. The van der Waals surface area contributed by atoms with Gasteiger partial charge in [-0.3, -0.25) is 9.59 Å². The molecular weight excluding hydrogens is 183 g/mol. The third kappa shape index (κ3) is 5.18. The van der Waals surface area contributed by atoms with Crippen molar-refractivity contribution in [1.82, 2.24) is 0 Å². The van der Waals surface area contributed by atoms with Gasteiger partial charge in [0, 0.05) is 6.42 Å². The predicted molar refractivity (Wildman–Crippen MR) is 42.9 cm³/mol. The molecule has 0 saturated carbocycles. The van der Waals surface area contributed by atoms with Gasteiger partial charge in [0.1, 0.15) is 6.79 Å². The maximum atomic E-state index is 10.8. The van der Waals surface area contributed by atoms with Gasteiger partial charge in [-0.1, -0.05) is 6.92 Å². The Kier molecular flexibility index (Phi) is 5.80. The van der Waals surface area contributed by atoms with Gasteiger partial charge in [0.25, 0.3) is 0 Å². The van der Waals surface area contributed by atoms with Gasteiger partial charge in [-0.15, -0.1) is 0 Å². The van der Waals surface area contributed by atoms with Crippen LogP contribution in [0.4, 0.5) is 0 Å². The van der Waals surface area contributed by atoms with E-state index in [1.165, 1.54) is 6.92 Å². The van der Waals surface area contributed by atoms with Crippen LogP contribution in [0, 0.1) is 5.92 Å². The van der Waals surface area contributed by atoms with Gasteiger partial charge in [-0.2, -0.15) is 0 Å². The van der Waals surface area contributed by atoms with Crippen molar-refractivity contribution in [2.75, 3.05) is 6.79 Å². The molecule has 5 nitrogen and oxygen atoms in total. The van der Waals surface area contributed by atoms with E-state index in [1.54, 1.807) is 0 Å². The highest BCUT2D eigenvalue weighted by atomic mass is 31.1. The number of hydrogen-bond acceptors (Lipinski definition) is 4. The first-order valence-corrected chi connectivity index (χ1v) is 4.23. The zero-order chi connectivity index (χ0) is 9.56. The van der Waals surface area contributed by atoms with E-state index in [2.05, 4.69) is 4.52 Å². The summed E-state index contributed by atoms with van der Waals surface area (Å²) in [4.78, 5) is 21.1. The Balaban J connectivity index is 3.61. The quantitative estimate of drug-likeness (QED) is 0.465. The lowest BCUT2D eigenvalue weighted by Gasteiger charge is -2.03. The van der Waals surface area contributed by atoms with Crippen LogP contribution < -0.4 is 0 Å². The Hall–Kier alpha value is -0.510. The molecule has 0 bridgehead atoms. The second-order valence-electron chi connectivity index (χ2n) is 2.24. The molecule has 0 aliphatic heterocycles. The van der Waals surface area contributed by atoms with Crippen LogP contribution in [0.5, 0.6) is 0 Å². The number of carbonyl (C=O) groups is 2. The molecular formula is C6H11O5P. The molecule has 0 aromatic heterocycles. The van der Waals surface area contributed by atoms with Crippen LogP contribution in [0.2, 0.25) is 0 Å². The van der Waals surface area contributed by atoms with Gasteiger partial charge in [0.15, 0.2) is 5.52 Å². The molecule has 0 rings (SSSR count). The van der Waals surface area contributed by atoms with Gasteiger partial charge in [-0.05, 0) is 0 Å². The molecule has 0 fully saturated rings. The highest BCUT2D eigenvalue weighted by molar-refractivity contribution is 7.53. The second-order valence-corrected chi connectivity index (χ2v) is 3.29. The minimum absolute atomic E-state index is 0.0478. The van der Waals surface area contributed by atoms with E-state index in [4.69, 9.17) is 10.2 Å². The number of carbonyl (C=O) groups excluding carboxylic acids is 1. The molecule has 70 valence electrons. The van der Waals surface area contributed by atoms with Gasteiger partial charge in [0.2, 0.25) is 0 Å². The summed E-state index contributed by atoms with van der Waals surface area (Å²) in [5.41, 5.74) is -0.293. The van der Waals surface area contributed by atoms with Crippen molar-refractivity contribution in [2.45, 2.75) is 13.3 Å².